The monoisotopic (exact) mass is 291 g/mol. The van der Waals surface area contributed by atoms with Crippen LogP contribution in [-0.4, -0.2) is 25.2 Å². The number of amides is 1. The Kier molecular flexibility index (Phi) is 4.31. The van der Waals surface area contributed by atoms with Crippen LogP contribution >= 0.6 is 27.3 Å². The second-order valence-corrected chi connectivity index (χ2v) is 6.20. The Bertz CT molecular complexity index is 349. The van der Waals surface area contributed by atoms with Crippen LogP contribution in [0.15, 0.2) is 15.2 Å². The van der Waals surface area contributed by atoms with Crippen LogP contribution in [-0.2, 0) is 4.74 Å². The third-order valence-electron chi connectivity index (χ3n) is 1.79. The van der Waals surface area contributed by atoms with Crippen molar-refractivity contribution in [1.29, 1.82) is 0 Å². The van der Waals surface area contributed by atoms with E-state index in [1.54, 1.807) is 7.11 Å². The van der Waals surface area contributed by atoms with Gasteiger partial charge in [-0.2, -0.15) is 0 Å². The van der Waals surface area contributed by atoms with Crippen molar-refractivity contribution in [2.24, 2.45) is 0 Å². The molecule has 0 saturated heterocycles. The number of nitrogens with one attached hydrogen (secondary N) is 1. The predicted octanol–water partition coefficient (Wildman–Crippen LogP) is 2.67. The zero-order chi connectivity index (χ0) is 11.5. The van der Waals surface area contributed by atoms with Crippen molar-refractivity contribution in [1.82, 2.24) is 5.32 Å². The molecule has 0 fully saturated rings. The molecule has 0 aromatic carbocycles. The highest BCUT2D eigenvalue weighted by atomic mass is 79.9. The molecule has 0 spiro atoms. The van der Waals surface area contributed by atoms with Gasteiger partial charge in [0.2, 0.25) is 0 Å². The molecule has 0 aliphatic carbocycles. The molecule has 0 radical (unpaired) electrons. The van der Waals surface area contributed by atoms with Gasteiger partial charge < -0.3 is 10.1 Å². The molecule has 3 nitrogen and oxygen atoms in total. The topological polar surface area (TPSA) is 38.3 Å². The highest BCUT2D eigenvalue weighted by molar-refractivity contribution is 9.11. The van der Waals surface area contributed by atoms with E-state index >= 15 is 0 Å². The first-order valence-electron chi connectivity index (χ1n) is 4.50. The summed E-state index contributed by atoms with van der Waals surface area (Å²) in [5.41, 5.74) is 0.330. The second-order valence-electron chi connectivity index (χ2n) is 3.91. The van der Waals surface area contributed by atoms with Gasteiger partial charge >= 0.3 is 0 Å². The molecule has 1 rings (SSSR count). The van der Waals surface area contributed by atoms with E-state index in [-0.39, 0.29) is 11.4 Å². The van der Waals surface area contributed by atoms with Gasteiger partial charge in [-0.3, -0.25) is 4.79 Å². The summed E-state index contributed by atoms with van der Waals surface area (Å²) in [7, 11) is 1.62. The third-order valence-corrected chi connectivity index (χ3v) is 3.29. The Morgan fingerprint density at radius 2 is 2.33 bits per heavy atom. The van der Waals surface area contributed by atoms with Gasteiger partial charge in [-0.05, 0) is 35.8 Å². The van der Waals surface area contributed by atoms with E-state index in [1.165, 1.54) is 11.3 Å². The minimum Gasteiger partial charge on any atom is -0.382 e. The van der Waals surface area contributed by atoms with Crippen LogP contribution < -0.4 is 5.32 Å². The van der Waals surface area contributed by atoms with Gasteiger partial charge in [-0.25, -0.2) is 0 Å². The first-order chi connectivity index (χ1) is 6.94. The van der Waals surface area contributed by atoms with Crippen molar-refractivity contribution < 1.29 is 9.53 Å². The van der Waals surface area contributed by atoms with Crippen molar-refractivity contribution in [2.75, 3.05) is 13.7 Å². The zero-order valence-electron chi connectivity index (χ0n) is 8.96. The third kappa shape index (κ3) is 3.93. The molecule has 0 atom stereocenters. The van der Waals surface area contributed by atoms with E-state index in [0.717, 1.165) is 3.79 Å². The summed E-state index contributed by atoms with van der Waals surface area (Å²) in [6, 6.07) is 1.81. The second kappa shape index (κ2) is 5.09. The van der Waals surface area contributed by atoms with Crippen molar-refractivity contribution in [3.63, 3.8) is 0 Å². The number of hydrogen-bond acceptors (Lipinski definition) is 3. The lowest BCUT2D eigenvalue weighted by Crippen LogP contribution is -2.46. The lowest BCUT2D eigenvalue weighted by Gasteiger charge is -2.24. The molecule has 1 heterocycles. The maximum Gasteiger partial charge on any atom is 0.252 e. The summed E-state index contributed by atoms with van der Waals surface area (Å²) in [6.07, 6.45) is 0. The highest BCUT2D eigenvalue weighted by Crippen LogP contribution is 2.21. The maximum absolute atomic E-state index is 11.8. The molecule has 0 aliphatic heterocycles. The van der Waals surface area contributed by atoms with Gasteiger partial charge in [0.25, 0.3) is 5.91 Å². The average molecular weight is 292 g/mol. The lowest BCUT2D eigenvalue weighted by atomic mass is 10.1. The normalized spacial score (nSPS) is 11.5. The number of carbonyl (C=O) groups excluding carboxylic acids is 1. The Labute approximate surface area is 102 Å². The van der Waals surface area contributed by atoms with Crippen LogP contribution in [0.2, 0.25) is 0 Å². The lowest BCUT2D eigenvalue weighted by molar-refractivity contribution is 0.0820. The van der Waals surface area contributed by atoms with Crippen molar-refractivity contribution in [2.45, 2.75) is 19.4 Å². The summed E-state index contributed by atoms with van der Waals surface area (Å²) in [6.45, 7) is 4.34. The fourth-order valence-corrected chi connectivity index (χ4v) is 2.34. The van der Waals surface area contributed by atoms with Gasteiger partial charge in [0, 0.05) is 12.5 Å². The van der Waals surface area contributed by atoms with Gasteiger partial charge in [0.15, 0.2) is 0 Å². The summed E-state index contributed by atoms with van der Waals surface area (Å²) < 4.78 is 5.98. The Morgan fingerprint density at radius 1 is 1.67 bits per heavy atom. The molecule has 1 amide bonds. The molecule has 84 valence electrons. The minimum absolute atomic E-state index is 0.0704. The number of ether oxygens (including phenoxy) is 1. The van der Waals surface area contributed by atoms with Crippen LogP contribution in [0.25, 0.3) is 0 Å². The first kappa shape index (κ1) is 12.7. The van der Waals surface area contributed by atoms with E-state index in [0.29, 0.717) is 12.2 Å². The molecule has 1 aromatic heterocycles. The largest absolute Gasteiger partial charge is 0.382 e. The van der Waals surface area contributed by atoms with Gasteiger partial charge in [-0.15, -0.1) is 11.3 Å². The van der Waals surface area contributed by atoms with Crippen LogP contribution in [0, 0.1) is 0 Å². The van der Waals surface area contributed by atoms with Crippen LogP contribution in [0.1, 0.15) is 24.2 Å². The quantitative estimate of drug-likeness (QED) is 0.926. The van der Waals surface area contributed by atoms with E-state index in [1.807, 2.05) is 25.3 Å². The van der Waals surface area contributed by atoms with Gasteiger partial charge in [0.1, 0.15) is 0 Å². The molecule has 5 heteroatoms. The summed E-state index contributed by atoms with van der Waals surface area (Å²) in [4.78, 5) is 11.8. The molecule has 1 N–H and O–H groups in total. The van der Waals surface area contributed by atoms with E-state index in [4.69, 9.17) is 4.74 Å². The number of thiophene rings is 1. The Balaban J connectivity index is 2.63. The van der Waals surface area contributed by atoms with Crippen LogP contribution in [0.3, 0.4) is 0 Å². The molecule has 0 unspecified atom stereocenters. The van der Waals surface area contributed by atoms with Crippen molar-refractivity contribution in [3.8, 4) is 0 Å². The number of rotatable bonds is 4. The Morgan fingerprint density at radius 3 is 2.80 bits per heavy atom. The summed E-state index contributed by atoms with van der Waals surface area (Å²) >= 11 is 4.82. The average Bonchev–Trinajstić information content (AvgIpc) is 2.50. The fraction of sp³-hybridized carbons (Fsp3) is 0.500. The van der Waals surface area contributed by atoms with E-state index < -0.39 is 0 Å². The van der Waals surface area contributed by atoms with Crippen molar-refractivity contribution >= 4 is 33.2 Å². The fourth-order valence-electron chi connectivity index (χ4n) is 1.21. The number of methoxy groups -OCH3 is 1. The summed E-state index contributed by atoms with van der Waals surface area (Å²) in [5.74, 6) is -0.0704. The number of halogens is 1. The molecule has 0 saturated carbocycles. The standard InChI is InChI=1S/C10H14BrNO2S/c1-10(2,6-14-3)12-9(13)7-4-8(11)15-5-7/h4-5H,6H2,1-3H3,(H,12,13). The number of carbonyl (C=O) groups is 1. The minimum atomic E-state index is -0.347. The molecule has 1 aromatic rings. The molecule has 0 bridgehead atoms. The smallest absolute Gasteiger partial charge is 0.252 e. The SMILES string of the molecule is COCC(C)(C)NC(=O)c1csc(Br)c1. The van der Waals surface area contributed by atoms with Crippen LogP contribution in [0.4, 0.5) is 0 Å². The molecule has 0 aliphatic rings. The van der Waals surface area contributed by atoms with Crippen molar-refractivity contribution in [3.05, 3.63) is 20.8 Å². The highest BCUT2D eigenvalue weighted by Gasteiger charge is 2.21. The predicted molar refractivity (Wildman–Crippen MR) is 65.4 cm³/mol. The van der Waals surface area contributed by atoms with E-state index in [2.05, 4.69) is 21.2 Å². The maximum atomic E-state index is 11.8. The molecule has 15 heavy (non-hydrogen) atoms. The molecular weight excluding hydrogens is 278 g/mol. The summed E-state index contributed by atoms with van der Waals surface area (Å²) in [5, 5.41) is 4.73. The molecular formula is C10H14BrNO2S. The number of hydrogen-bond donors (Lipinski definition) is 1. The Hall–Kier alpha value is -0.390. The van der Waals surface area contributed by atoms with E-state index in [9.17, 15) is 4.79 Å². The first-order valence-corrected chi connectivity index (χ1v) is 6.17. The van der Waals surface area contributed by atoms with Crippen LogP contribution in [0.5, 0.6) is 0 Å². The van der Waals surface area contributed by atoms with Gasteiger partial charge in [0.05, 0.1) is 21.5 Å². The van der Waals surface area contributed by atoms with Gasteiger partial charge in [-0.1, -0.05) is 0 Å². The zero-order valence-corrected chi connectivity index (χ0v) is 11.4.